The number of hydrogen-bond acceptors (Lipinski definition) is 5. The third kappa shape index (κ3) is 5.12. The molecular weight excluding hydrogens is 514 g/mol. The lowest BCUT2D eigenvalue weighted by atomic mass is 10.2. The largest absolute Gasteiger partial charge is 0.423 e. The van der Waals surface area contributed by atoms with Gasteiger partial charge in [0.15, 0.2) is 0 Å². The highest BCUT2D eigenvalue weighted by Gasteiger charge is 2.35. The maximum Gasteiger partial charge on any atom is 0.343 e. The van der Waals surface area contributed by atoms with Crippen LogP contribution in [0.1, 0.15) is 21.5 Å². The van der Waals surface area contributed by atoms with E-state index in [4.69, 9.17) is 16.3 Å². The van der Waals surface area contributed by atoms with E-state index < -0.39 is 5.97 Å². The lowest BCUT2D eigenvalue weighted by Gasteiger charge is -2.13. The number of esters is 1. The van der Waals surface area contributed by atoms with Crippen molar-refractivity contribution in [1.29, 1.82) is 0 Å². The van der Waals surface area contributed by atoms with Crippen LogP contribution in [-0.2, 0) is 11.3 Å². The van der Waals surface area contributed by atoms with Gasteiger partial charge >= 0.3 is 5.97 Å². The maximum atomic E-state index is 12.7. The van der Waals surface area contributed by atoms with Crippen molar-refractivity contribution in [2.75, 3.05) is 0 Å². The summed E-state index contributed by atoms with van der Waals surface area (Å²) in [5, 5.41) is 0.157. The minimum atomic E-state index is -0.467. The van der Waals surface area contributed by atoms with Crippen LogP contribution < -0.4 is 4.74 Å². The highest BCUT2D eigenvalue weighted by atomic mass is 79.9. The number of benzene rings is 3. The quantitative estimate of drug-likeness (QED) is 0.213. The van der Waals surface area contributed by atoms with Crippen LogP contribution >= 0.6 is 39.3 Å². The molecule has 1 aliphatic rings. The Morgan fingerprint density at radius 1 is 1.00 bits per heavy atom. The first-order chi connectivity index (χ1) is 15.4. The number of rotatable bonds is 5. The fraction of sp³-hybridized carbons (Fsp3) is 0.0417. The van der Waals surface area contributed by atoms with Crippen LogP contribution in [0.2, 0.25) is 5.02 Å². The van der Waals surface area contributed by atoms with Crippen LogP contribution in [0.4, 0.5) is 4.79 Å². The molecule has 5 nitrogen and oxygen atoms in total. The van der Waals surface area contributed by atoms with Crippen molar-refractivity contribution in [2.24, 2.45) is 0 Å². The molecule has 0 aliphatic carbocycles. The van der Waals surface area contributed by atoms with E-state index in [1.54, 1.807) is 78.9 Å². The first-order valence-corrected chi connectivity index (χ1v) is 11.5. The zero-order valence-corrected chi connectivity index (χ0v) is 19.6. The van der Waals surface area contributed by atoms with Crippen molar-refractivity contribution in [1.82, 2.24) is 4.90 Å². The van der Waals surface area contributed by atoms with Gasteiger partial charge in [-0.3, -0.25) is 14.5 Å². The molecule has 32 heavy (non-hydrogen) atoms. The Hall–Kier alpha value is -2.87. The van der Waals surface area contributed by atoms with E-state index in [1.807, 2.05) is 0 Å². The predicted octanol–water partition coefficient (Wildman–Crippen LogP) is 6.56. The molecule has 0 N–H and O–H groups in total. The molecule has 0 radical (unpaired) electrons. The smallest absolute Gasteiger partial charge is 0.343 e. The number of imide groups is 1. The molecule has 0 unspecified atom stereocenters. The van der Waals surface area contributed by atoms with Crippen LogP contribution in [0.15, 0.2) is 82.2 Å². The number of thioether (sulfide) groups is 1. The van der Waals surface area contributed by atoms with Gasteiger partial charge < -0.3 is 4.74 Å². The molecule has 160 valence electrons. The molecule has 3 aromatic rings. The second kappa shape index (κ2) is 9.73. The number of carbonyl (C=O) groups is 3. The highest BCUT2D eigenvalue weighted by Crippen LogP contribution is 2.34. The summed E-state index contributed by atoms with van der Waals surface area (Å²) in [5.41, 5.74) is 1.84. The average Bonchev–Trinajstić information content (AvgIpc) is 3.04. The van der Waals surface area contributed by atoms with Gasteiger partial charge in [0.05, 0.1) is 17.0 Å². The number of carbonyl (C=O) groups excluding carboxylic acids is 3. The number of nitrogens with zero attached hydrogens (tertiary/aromatic N) is 1. The van der Waals surface area contributed by atoms with E-state index in [1.165, 1.54) is 4.90 Å². The van der Waals surface area contributed by atoms with Crippen molar-refractivity contribution in [3.63, 3.8) is 0 Å². The zero-order chi connectivity index (χ0) is 22.7. The standard InChI is InChI=1S/C24H15BrClNO4S/c25-18-9-7-16(8-10-18)23(29)31-19-11-5-15(6-12-19)13-21-22(28)27(24(30)32-21)14-17-3-1-2-4-20(17)26/h1-13H,14H2/b21-13-. The van der Waals surface area contributed by atoms with Gasteiger partial charge in [-0.2, -0.15) is 0 Å². The summed E-state index contributed by atoms with van der Waals surface area (Å²) in [5.74, 6) is -0.460. The summed E-state index contributed by atoms with van der Waals surface area (Å²) in [6, 6.07) is 20.7. The topological polar surface area (TPSA) is 63.7 Å². The molecule has 1 saturated heterocycles. The fourth-order valence-corrected chi connectivity index (χ4v) is 4.27. The summed E-state index contributed by atoms with van der Waals surface area (Å²) >= 11 is 10.4. The average molecular weight is 529 g/mol. The fourth-order valence-electron chi connectivity index (χ4n) is 2.97. The molecule has 0 aromatic heterocycles. The summed E-state index contributed by atoms with van der Waals surface area (Å²) in [4.78, 5) is 38.8. The van der Waals surface area contributed by atoms with Gasteiger partial charge in [0.25, 0.3) is 11.1 Å². The van der Waals surface area contributed by atoms with Gasteiger partial charge in [-0.15, -0.1) is 0 Å². The summed E-state index contributed by atoms with van der Waals surface area (Å²) in [6.07, 6.45) is 1.64. The Morgan fingerprint density at radius 3 is 2.38 bits per heavy atom. The first-order valence-electron chi connectivity index (χ1n) is 9.47. The van der Waals surface area contributed by atoms with E-state index in [0.717, 1.165) is 16.2 Å². The predicted molar refractivity (Wildman–Crippen MR) is 129 cm³/mol. The second-order valence-corrected chi connectivity index (χ2v) is 9.14. The molecule has 1 aliphatic heterocycles. The van der Waals surface area contributed by atoms with Crippen molar-refractivity contribution in [3.05, 3.63) is 104 Å². The highest BCUT2D eigenvalue weighted by molar-refractivity contribution is 9.10. The Morgan fingerprint density at radius 2 is 1.69 bits per heavy atom. The van der Waals surface area contributed by atoms with E-state index in [2.05, 4.69) is 15.9 Å². The van der Waals surface area contributed by atoms with E-state index in [0.29, 0.717) is 32.4 Å². The van der Waals surface area contributed by atoms with E-state index >= 15 is 0 Å². The third-order valence-corrected chi connectivity index (χ3v) is 6.43. The molecule has 1 heterocycles. The van der Waals surface area contributed by atoms with E-state index in [-0.39, 0.29) is 17.7 Å². The van der Waals surface area contributed by atoms with Crippen LogP contribution in [0.25, 0.3) is 6.08 Å². The van der Waals surface area contributed by atoms with Gasteiger partial charge in [-0.1, -0.05) is 57.9 Å². The van der Waals surface area contributed by atoms with Gasteiger partial charge in [-0.25, -0.2) is 4.79 Å². The Balaban J connectivity index is 1.44. The maximum absolute atomic E-state index is 12.7. The van der Waals surface area contributed by atoms with Gasteiger partial charge in [-0.05, 0) is 71.4 Å². The SMILES string of the molecule is O=C(Oc1ccc(/C=C2\SC(=O)N(Cc3ccccc3Cl)C2=O)cc1)c1ccc(Br)cc1. The molecular formula is C24H15BrClNO4S. The first kappa shape index (κ1) is 22.3. The van der Waals surface area contributed by atoms with Gasteiger partial charge in [0, 0.05) is 9.50 Å². The molecule has 3 aromatic carbocycles. The summed E-state index contributed by atoms with van der Waals surface area (Å²) < 4.78 is 6.25. The molecule has 8 heteroatoms. The monoisotopic (exact) mass is 527 g/mol. The molecule has 0 saturated carbocycles. The van der Waals surface area contributed by atoms with E-state index in [9.17, 15) is 14.4 Å². The molecule has 1 fully saturated rings. The molecule has 0 spiro atoms. The van der Waals surface area contributed by atoms with Gasteiger partial charge in [0.2, 0.25) is 0 Å². The number of hydrogen-bond donors (Lipinski definition) is 0. The van der Waals surface area contributed by atoms with Crippen LogP contribution in [0, 0.1) is 0 Å². The van der Waals surface area contributed by atoms with Crippen molar-refractivity contribution >= 4 is 62.5 Å². The lowest BCUT2D eigenvalue weighted by Crippen LogP contribution is -2.27. The lowest BCUT2D eigenvalue weighted by molar-refractivity contribution is -0.123. The normalized spacial score (nSPS) is 14.8. The van der Waals surface area contributed by atoms with Crippen LogP contribution in [-0.4, -0.2) is 22.0 Å². The number of amides is 2. The Bertz CT molecular complexity index is 1230. The summed E-state index contributed by atoms with van der Waals surface area (Å²) in [7, 11) is 0. The molecule has 0 bridgehead atoms. The third-order valence-electron chi connectivity index (χ3n) is 4.63. The van der Waals surface area contributed by atoms with Crippen LogP contribution in [0.3, 0.4) is 0 Å². The zero-order valence-electron chi connectivity index (χ0n) is 16.5. The molecule has 0 atom stereocenters. The Labute approximate surface area is 202 Å². The van der Waals surface area contributed by atoms with Gasteiger partial charge in [0.1, 0.15) is 5.75 Å². The Kier molecular flexibility index (Phi) is 6.79. The number of ether oxygens (including phenoxy) is 1. The van der Waals surface area contributed by atoms with Crippen molar-refractivity contribution < 1.29 is 19.1 Å². The van der Waals surface area contributed by atoms with Crippen molar-refractivity contribution in [2.45, 2.75) is 6.54 Å². The van der Waals surface area contributed by atoms with Crippen LogP contribution in [0.5, 0.6) is 5.75 Å². The number of halogens is 2. The minimum absolute atomic E-state index is 0.118. The second-order valence-electron chi connectivity index (χ2n) is 6.82. The summed E-state index contributed by atoms with van der Waals surface area (Å²) in [6.45, 7) is 0.118. The van der Waals surface area contributed by atoms with Crippen molar-refractivity contribution in [3.8, 4) is 5.75 Å². The molecule has 2 amide bonds. The minimum Gasteiger partial charge on any atom is -0.423 e. The molecule has 4 rings (SSSR count).